The maximum atomic E-state index is 13.1. The van der Waals surface area contributed by atoms with Gasteiger partial charge in [0.25, 0.3) is 0 Å². The van der Waals surface area contributed by atoms with Gasteiger partial charge in [-0.05, 0) is 24.3 Å². The molecule has 2 fully saturated rings. The number of aromatic nitrogens is 2. The number of carbonyl (C=O) groups excluding carboxylic acids is 3. The van der Waals surface area contributed by atoms with Gasteiger partial charge >= 0.3 is 6.18 Å². The third-order valence-corrected chi connectivity index (χ3v) is 6.07. The molecule has 2 aliphatic rings. The Morgan fingerprint density at radius 2 is 1.78 bits per heavy atom. The molecule has 192 valence electrons. The highest BCUT2D eigenvalue weighted by atomic mass is 19.4. The Morgan fingerprint density at radius 3 is 2.47 bits per heavy atom. The SMILES string of the molecule is O=C(C[C@@H]1C(=O)NCCN1C(=O)CN1CCN(c2ncccn2)CC1)Nc1cccc(C(F)(F)F)c1. The first kappa shape index (κ1) is 25.4. The smallest absolute Gasteiger partial charge is 0.353 e. The highest BCUT2D eigenvalue weighted by Gasteiger charge is 2.36. The van der Waals surface area contributed by atoms with Gasteiger partial charge in [-0.1, -0.05) is 6.07 Å². The third kappa shape index (κ3) is 6.27. The van der Waals surface area contributed by atoms with Crippen molar-refractivity contribution in [1.82, 2.24) is 25.1 Å². The Hall–Kier alpha value is -3.74. The van der Waals surface area contributed by atoms with Crippen LogP contribution in [0.4, 0.5) is 24.8 Å². The predicted molar refractivity (Wildman–Crippen MR) is 124 cm³/mol. The lowest BCUT2D eigenvalue weighted by Gasteiger charge is -2.38. The summed E-state index contributed by atoms with van der Waals surface area (Å²) in [4.78, 5) is 52.0. The zero-order valence-corrected chi connectivity index (χ0v) is 19.4. The average molecular weight is 506 g/mol. The van der Waals surface area contributed by atoms with Crippen LogP contribution >= 0.6 is 0 Å². The maximum Gasteiger partial charge on any atom is 0.416 e. The van der Waals surface area contributed by atoms with Crippen molar-refractivity contribution in [2.24, 2.45) is 0 Å². The molecule has 0 saturated carbocycles. The van der Waals surface area contributed by atoms with Gasteiger partial charge in [0.2, 0.25) is 23.7 Å². The second kappa shape index (κ2) is 10.9. The summed E-state index contributed by atoms with van der Waals surface area (Å²) in [5, 5.41) is 5.05. The molecule has 3 heterocycles. The van der Waals surface area contributed by atoms with Crippen LogP contribution in [0.5, 0.6) is 0 Å². The fourth-order valence-corrected chi connectivity index (χ4v) is 4.22. The highest BCUT2D eigenvalue weighted by Crippen LogP contribution is 2.30. The van der Waals surface area contributed by atoms with Gasteiger partial charge in [-0.25, -0.2) is 9.97 Å². The summed E-state index contributed by atoms with van der Waals surface area (Å²) in [5.74, 6) is -0.792. The predicted octanol–water partition coefficient (Wildman–Crippen LogP) is 0.973. The Bertz CT molecular complexity index is 1090. The monoisotopic (exact) mass is 505 g/mol. The number of benzene rings is 1. The number of alkyl halides is 3. The van der Waals surface area contributed by atoms with Crippen LogP contribution in [0.2, 0.25) is 0 Å². The second-order valence-corrected chi connectivity index (χ2v) is 8.54. The van der Waals surface area contributed by atoms with Crippen molar-refractivity contribution in [3.05, 3.63) is 48.3 Å². The molecule has 10 nitrogen and oxygen atoms in total. The summed E-state index contributed by atoms with van der Waals surface area (Å²) in [5.41, 5.74) is -0.935. The minimum atomic E-state index is -4.55. The molecule has 1 aromatic heterocycles. The minimum Gasteiger partial charge on any atom is -0.353 e. The molecular weight excluding hydrogens is 479 g/mol. The van der Waals surface area contributed by atoms with Gasteiger partial charge in [0.1, 0.15) is 6.04 Å². The fourth-order valence-electron chi connectivity index (χ4n) is 4.22. The number of rotatable bonds is 6. The molecule has 0 spiro atoms. The van der Waals surface area contributed by atoms with E-state index in [0.717, 1.165) is 12.1 Å². The van der Waals surface area contributed by atoms with E-state index >= 15 is 0 Å². The van der Waals surface area contributed by atoms with Gasteiger partial charge in [-0.15, -0.1) is 0 Å². The number of nitrogens with one attached hydrogen (secondary N) is 2. The summed E-state index contributed by atoms with van der Waals surface area (Å²) < 4.78 is 38.8. The average Bonchev–Trinajstić information content (AvgIpc) is 2.86. The molecule has 2 N–H and O–H groups in total. The molecule has 1 aromatic carbocycles. The summed E-state index contributed by atoms with van der Waals surface area (Å²) in [6.07, 6.45) is -1.58. The minimum absolute atomic E-state index is 0.0378. The molecule has 1 atom stereocenters. The molecule has 13 heteroatoms. The van der Waals surface area contributed by atoms with Crippen molar-refractivity contribution < 1.29 is 27.6 Å². The number of amides is 3. The first-order chi connectivity index (χ1) is 17.2. The van der Waals surface area contributed by atoms with E-state index in [9.17, 15) is 27.6 Å². The van der Waals surface area contributed by atoms with Crippen LogP contribution in [0.3, 0.4) is 0 Å². The summed E-state index contributed by atoms with van der Waals surface area (Å²) in [6, 6.07) is 4.93. The molecule has 0 aliphatic carbocycles. The maximum absolute atomic E-state index is 13.1. The first-order valence-electron chi connectivity index (χ1n) is 11.5. The molecule has 0 bridgehead atoms. The van der Waals surface area contributed by atoms with Crippen LogP contribution in [-0.4, -0.2) is 89.3 Å². The van der Waals surface area contributed by atoms with Crippen molar-refractivity contribution in [1.29, 1.82) is 0 Å². The van der Waals surface area contributed by atoms with Crippen LogP contribution < -0.4 is 15.5 Å². The summed E-state index contributed by atoms with van der Waals surface area (Å²) in [6.45, 7) is 3.07. The molecule has 0 radical (unpaired) electrons. The molecule has 2 aromatic rings. The topological polar surface area (TPSA) is 111 Å². The Kier molecular flexibility index (Phi) is 7.67. The zero-order chi connectivity index (χ0) is 25.7. The second-order valence-electron chi connectivity index (χ2n) is 8.54. The van der Waals surface area contributed by atoms with Crippen molar-refractivity contribution in [3.63, 3.8) is 0 Å². The molecule has 2 aliphatic heterocycles. The van der Waals surface area contributed by atoms with Gasteiger partial charge in [0.15, 0.2) is 0 Å². The number of anilines is 2. The van der Waals surface area contributed by atoms with Gasteiger partial charge in [-0.2, -0.15) is 13.2 Å². The van der Waals surface area contributed by atoms with Crippen molar-refractivity contribution in [2.45, 2.75) is 18.6 Å². The zero-order valence-electron chi connectivity index (χ0n) is 19.4. The molecule has 36 heavy (non-hydrogen) atoms. The van der Waals surface area contributed by atoms with E-state index < -0.39 is 29.6 Å². The number of hydrogen-bond donors (Lipinski definition) is 2. The van der Waals surface area contributed by atoms with E-state index in [4.69, 9.17) is 0 Å². The molecule has 2 saturated heterocycles. The quantitative estimate of drug-likeness (QED) is 0.602. The lowest BCUT2D eigenvalue weighted by Crippen LogP contribution is -2.60. The Labute approximate surface area is 205 Å². The fraction of sp³-hybridized carbons (Fsp3) is 0.435. The standard InChI is InChI=1S/C23H26F3N7O3/c24-23(25,26)16-3-1-4-17(13-16)30-19(34)14-18-21(36)27-7-8-33(18)20(35)15-31-9-11-32(12-10-31)22-28-5-2-6-29-22/h1-6,13,18H,7-12,14-15H2,(H,27,36)(H,30,34)/t18-/m1/s1. The lowest BCUT2D eigenvalue weighted by atomic mass is 10.1. The third-order valence-electron chi connectivity index (χ3n) is 6.07. The normalized spacial score (nSPS) is 19.1. The van der Waals surface area contributed by atoms with Gasteiger partial charge in [0, 0.05) is 57.3 Å². The molecule has 3 amide bonds. The van der Waals surface area contributed by atoms with Crippen LogP contribution in [0.15, 0.2) is 42.7 Å². The number of piperazine rings is 2. The van der Waals surface area contributed by atoms with Crippen LogP contribution in [0.1, 0.15) is 12.0 Å². The largest absolute Gasteiger partial charge is 0.416 e. The van der Waals surface area contributed by atoms with Crippen LogP contribution in [0.25, 0.3) is 0 Å². The van der Waals surface area contributed by atoms with Crippen LogP contribution in [-0.2, 0) is 20.6 Å². The summed E-state index contributed by atoms with van der Waals surface area (Å²) in [7, 11) is 0. The van der Waals surface area contributed by atoms with Gasteiger partial charge in [0.05, 0.1) is 18.5 Å². The van der Waals surface area contributed by atoms with E-state index in [1.807, 2.05) is 9.80 Å². The van der Waals surface area contributed by atoms with Crippen molar-refractivity contribution >= 4 is 29.4 Å². The number of nitrogens with zero attached hydrogens (tertiary/aromatic N) is 5. The molecular formula is C23H26F3N7O3. The lowest BCUT2D eigenvalue weighted by molar-refractivity contribution is -0.145. The van der Waals surface area contributed by atoms with Crippen LogP contribution in [0, 0.1) is 0 Å². The van der Waals surface area contributed by atoms with Crippen molar-refractivity contribution in [3.8, 4) is 0 Å². The number of carbonyl (C=O) groups is 3. The van der Waals surface area contributed by atoms with E-state index in [1.165, 1.54) is 17.0 Å². The van der Waals surface area contributed by atoms with Gasteiger partial charge in [-0.3, -0.25) is 19.3 Å². The Morgan fingerprint density at radius 1 is 1.06 bits per heavy atom. The van der Waals surface area contributed by atoms with E-state index in [1.54, 1.807) is 18.5 Å². The number of hydrogen-bond acceptors (Lipinski definition) is 7. The number of halogens is 3. The van der Waals surface area contributed by atoms with E-state index in [2.05, 4.69) is 20.6 Å². The highest BCUT2D eigenvalue weighted by molar-refractivity contribution is 5.97. The van der Waals surface area contributed by atoms with Gasteiger partial charge < -0.3 is 20.4 Å². The summed E-state index contributed by atoms with van der Waals surface area (Å²) >= 11 is 0. The van der Waals surface area contributed by atoms with E-state index in [0.29, 0.717) is 32.1 Å². The van der Waals surface area contributed by atoms with E-state index in [-0.39, 0.29) is 37.6 Å². The van der Waals surface area contributed by atoms with Crippen molar-refractivity contribution in [2.75, 3.05) is 56.0 Å². The molecule has 0 unspecified atom stereocenters. The Balaban J connectivity index is 1.34. The molecule has 4 rings (SSSR count). The first-order valence-corrected chi connectivity index (χ1v) is 11.5.